The van der Waals surface area contributed by atoms with Crippen molar-refractivity contribution >= 4 is 12.2 Å². The number of hydrogen-bond donors (Lipinski definition) is 2. The molecule has 2 N–H and O–H groups in total. The lowest BCUT2D eigenvalue weighted by Gasteiger charge is -2.20. The van der Waals surface area contributed by atoms with E-state index < -0.39 is 0 Å². The highest BCUT2D eigenvalue weighted by molar-refractivity contribution is 7.91. The zero-order valence-corrected chi connectivity index (χ0v) is 6.38. The quantitative estimate of drug-likeness (QED) is 0.458. The van der Waals surface area contributed by atoms with Gasteiger partial charge in [-0.25, -0.2) is 4.72 Å². The van der Waals surface area contributed by atoms with E-state index in [-0.39, 0.29) is 5.54 Å². The Hall–Kier alpha value is 0.270. The van der Waals surface area contributed by atoms with Crippen molar-refractivity contribution in [1.82, 2.24) is 4.72 Å². The van der Waals surface area contributed by atoms with E-state index in [1.54, 1.807) is 0 Å². The molecular formula is C5H13NOS. The third-order valence-corrected chi connectivity index (χ3v) is 1.85. The van der Waals surface area contributed by atoms with Crippen LogP contribution in [-0.2, 0) is 0 Å². The van der Waals surface area contributed by atoms with Crippen LogP contribution in [0, 0.1) is 0 Å². The zero-order valence-electron chi connectivity index (χ0n) is 5.56. The molecule has 0 spiro atoms. The topological polar surface area (TPSA) is 32.3 Å². The van der Waals surface area contributed by atoms with Crippen LogP contribution >= 0.6 is 12.2 Å². The van der Waals surface area contributed by atoms with Gasteiger partial charge in [-0.2, -0.15) is 0 Å². The van der Waals surface area contributed by atoms with E-state index in [1.807, 2.05) is 13.8 Å². The van der Waals surface area contributed by atoms with Gasteiger partial charge < -0.3 is 4.55 Å². The highest BCUT2D eigenvalue weighted by Crippen LogP contribution is 2.09. The normalized spacial score (nSPS) is 12.0. The van der Waals surface area contributed by atoms with Crippen molar-refractivity contribution in [1.29, 1.82) is 0 Å². The molecule has 3 heteroatoms. The molecule has 0 rings (SSSR count). The Morgan fingerprint density at radius 1 is 1.62 bits per heavy atom. The summed E-state index contributed by atoms with van der Waals surface area (Å²) in [6.45, 7) is 6.15. The molecule has 0 radical (unpaired) electrons. The first kappa shape index (κ1) is 8.27. The van der Waals surface area contributed by atoms with Crippen molar-refractivity contribution in [2.75, 3.05) is 0 Å². The van der Waals surface area contributed by atoms with Crippen molar-refractivity contribution in [3.8, 4) is 0 Å². The van der Waals surface area contributed by atoms with Crippen LogP contribution in [0.5, 0.6) is 0 Å². The predicted molar refractivity (Wildman–Crippen MR) is 37.7 cm³/mol. The van der Waals surface area contributed by atoms with Gasteiger partial charge in [0.05, 0.1) is 12.2 Å². The number of nitrogens with one attached hydrogen (secondary N) is 1. The molecule has 0 saturated carbocycles. The second kappa shape index (κ2) is 3.33. The Labute approximate surface area is 55.0 Å². The summed E-state index contributed by atoms with van der Waals surface area (Å²) >= 11 is 0.683. The fraction of sp³-hybridized carbons (Fsp3) is 1.00. The fourth-order valence-electron chi connectivity index (χ4n) is 0.196. The molecule has 0 aliphatic carbocycles. The van der Waals surface area contributed by atoms with E-state index in [9.17, 15) is 0 Å². The van der Waals surface area contributed by atoms with Gasteiger partial charge in [0.15, 0.2) is 0 Å². The maximum Gasteiger partial charge on any atom is 0.0765 e. The first-order valence-electron chi connectivity index (χ1n) is 2.70. The highest BCUT2D eigenvalue weighted by Gasteiger charge is 2.12. The molecule has 0 amide bonds. The van der Waals surface area contributed by atoms with Crippen LogP contribution in [0.25, 0.3) is 0 Å². The van der Waals surface area contributed by atoms with E-state index in [4.69, 9.17) is 4.55 Å². The molecule has 0 unspecified atom stereocenters. The summed E-state index contributed by atoms with van der Waals surface area (Å²) in [5.74, 6) is 0. The molecule has 0 aliphatic rings. The predicted octanol–water partition coefficient (Wildman–Crippen LogP) is 1.89. The summed E-state index contributed by atoms with van der Waals surface area (Å²) in [7, 11) is 0. The number of hydrogen-bond acceptors (Lipinski definition) is 3. The van der Waals surface area contributed by atoms with E-state index in [0.29, 0.717) is 12.2 Å². The first-order chi connectivity index (χ1) is 3.62. The summed E-state index contributed by atoms with van der Waals surface area (Å²) in [6.07, 6.45) is 1.01. The lowest BCUT2D eigenvalue weighted by molar-refractivity contribution is 0.452. The molecule has 0 bridgehead atoms. The molecule has 0 fully saturated rings. The van der Waals surface area contributed by atoms with E-state index in [1.165, 1.54) is 0 Å². The van der Waals surface area contributed by atoms with Crippen molar-refractivity contribution in [3.05, 3.63) is 0 Å². The molecule has 2 nitrogen and oxygen atoms in total. The monoisotopic (exact) mass is 135 g/mol. The Morgan fingerprint density at radius 2 is 2.12 bits per heavy atom. The zero-order chi connectivity index (χ0) is 6.62. The van der Waals surface area contributed by atoms with Crippen LogP contribution in [0.4, 0.5) is 0 Å². The summed E-state index contributed by atoms with van der Waals surface area (Å²) in [4.78, 5) is 0. The fourth-order valence-corrected chi connectivity index (χ4v) is 0.587. The molecule has 0 atom stereocenters. The Bertz CT molecular complexity index is 65.4. The van der Waals surface area contributed by atoms with Gasteiger partial charge in [0, 0.05) is 5.54 Å². The summed E-state index contributed by atoms with van der Waals surface area (Å²) < 4.78 is 11.2. The third kappa shape index (κ3) is 3.29. The van der Waals surface area contributed by atoms with Gasteiger partial charge in [-0.15, -0.1) is 0 Å². The van der Waals surface area contributed by atoms with Crippen molar-refractivity contribution in [2.45, 2.75) is 32.7 Å². The molecule has 0 aromatic heterocycles. The van der Waals surface area contributed by atoms with Crippen LogP contribution in [0.2, 0.25) is 0 Å². The van der Waals surface area contributed by atoms with Crippen molar-refractivity contribution in [2.24, 2.45) is 0 Å². The van der Waals surface area contributed by atoms with Crippen LogP contribution < -0.4 is 4.72 Å². The Morgan fingerprint density at radius 3 is 2.25 bits per heavy atom. The minimum absolute atomic E-state index is 0.0550. The highest BCUT2D eigenvalue weighted by atomic mass is 32.2. The summed E-state index contributed by atoms with van der Waals surface area (Å²) in [5.41, 5.74) is 0.0550. The van der Waals surface area contributed by atoms with Gasteiger partial charge in [0.25, 0.3) is 0 Å². The van der Waals surface area contributed by atoms with Gasteiger partial charge in [0.2, 0.25) is 0 Å². The smallest absolute Gasteiger partial charge is 0.0765 e. The third-order valence-electron chi connectivity index (χ3n) is 1.21. The molecular weight excluding hydrogens is 122 g/mol. The number of rotatable bonds is 3. The average molecular weight is 135 g/mol. The molecule has 0 aliphatic heterocycles. The van der Waals surface area contributed by atoms with Crippen LogP contribution in [0.1, 0.15) is 27.2 Å². The van der Waals surface area contributed by atoms with E-state index >= 15 is 0 Å². The standard InChI is InChI=1S/C5H13NOS/c1-4-5(2,3)6-8-7/h6-7H,4H2,1-3H3. The SMILES string of the molecule is CCC(C)(C)NSO. The molecule has 0 heterocycles. The average Bonchev–Trinajstić information content (AvgIpc) is 1.67. The van der Waals surface area contributed by atoms with E-state index in [0.717, 1.165) is 6.42 Å². The van der Waals surface area contributed by atoms with Crippen molar-refractivity contribution in [3.63, 3.8) is 0 Å². The van der Waals surface area contributed by atoms with Gasteiger partial charge in [-0.1, -0.05) is 6.92 Å². The van der Waals surface area contributed by atoms with Crippen LogP contribution in [0.15, 0.2) is 0 Å². The first-order valence-corrected chi connectivity index (χ1v) is 3.47. The van der Waals surface area contributed by atoms with Gasteiger partial charge in [-0.05, 0) is 20.3 Å². The minimum atomic E-state index is 0.0550. The van der Waals surface area contributed by atoms with Crippen molar-refractivity contribution < 1.29 is 4.55 Å². The second-order valence-electron chi connectivity index (χ2n) is 2.43. The summed E-state index contributed by atoms with van der Waals surface area (Å²) in [6, 6.07) is 0. The van der Waals surface area contributed by atoms with Gasteiger partial charge in [0.1, 0.15) is 0 Å². The lowest BCUT2D eigenvalue weighted by Crippen LogP contribution is -2.32. The van der Waals surface area contributed by atoms with Crippen LogP contribution in [-0.4, -0.2) is 10.1 Å². The summed E-state index contributed by atoms with van der Waals surface area (Å²) in [5, 5.41) is 0. The molecule has 0 aromatic rings. The maximum atomic E-state index is 8.34. The molecule has 8 heavy (non-hydrogen) atoms. The second-order valence-corrected chi connectivity index (χ2v) is 2.82. The van der Waals surface area contributed by atoms with E-state index in [2.05, 4.69) is 11.6 Å². The lowest BCUT2D eigenvalue weighted by atomic mass is 10.0. The van der Waals surface area contributed by atoms with Crippen LogP contribution in [0.3, 0.4) is 0 Å². The maximum absolute atomic E-state index is 8.34. The minimum Gasteiger partial charge on any atom is -0.317 e. The Balaban J connectivity index is 3.37. The largest absolute Gasteiger partial charge is 0.317 e. The molecule has 0 aromatic carbocycles. The van der Waals surface area contributed by atoms with Gasteiger partial charge >= 0.3 is 0 Å². The molecule has 0 saturated heterocycles. The Kier molecular flexibility index (Phi) is 3.44. The molecule has 50 valence electrons. The van der Waals surface area contributed by atoms with Gasteiger partial charge in [-0.3, -0.25) is 0 Å².